The molecule has 2 aromatic rings. The van der Waals surface area contributed by atoms with Gasteiger partial charge in [0.25, 0.3) is 0 Å². The summed E-state index contributed by atoms with van der Waals surface area (Å²) in [6, 6.07) is 10.1. The summed E-state index contributed by atoms with van der Waals surface area (Å²) in [6.07, 6.45) is 1.26. The molecule has 1 aromatic carbocycles. The Balaban J connectivity index is 1.38. The molecule has 3 rings (SSSR count). The molecular formula is C20H30N4O2S. The van der Waals surface area contributed by atoms with Gasteiger partial charge in [-0.05, 0) is 44.5 Å². The number of nitrogens with zero attached hydrogens (tertiary/aromatic N) is 2. The van der Waals surface area contributed by atoms with Crippen molar-refractivity contribution < 1.29 is 9.90 Å². The van der Waals surface area contributed by atoms with Crippen LogP contribution in [0.1, 0.15) is 23.8 Å². The number of carbonyl (C=O) groups is 1. The van der Waals surface area contributed by atoms with Gasteiger partial charge in [0.15, 0.2) is 0 Å². The van der Waals surface area contributed by atoms with E-state index in [1.807, 2.05) is 30.3 Å². The third-order valence-corrected chi connectivity index (χ3v) is 6.23. The van der Waals surface area contributed by atoms with Crippen molar-refractivity contribution >= 4 is 27.5 Å². The summed E-state index contributed by atoms with van der Waals surface area (Å²) in [5, 5.41) is 17.4. The van der Waals surface area contributed by atoms with Gasteiger partial charge in [-0.25, -0.2) is 4.79 Å². The van der Waals surface area contributed by atoms with Gasteiger partial charge in [-0.2, -0.15) is 0 Å². The Bertz CT molecular complexity index is 707. The van der Waals surface area contributed by atoms with Crippen molar-refractivity contribution in [3.8, 4) is 0 Å². The Kier molecular flexibility index (Phi) is 7.07. The summed E-state index contributed by atoms with van der Waals surface area (Å²) in [4.78, 5) is 17.7. The average molecular weight is 391 g/mol. The molecule has 0 saturated carbocycles. The monoisotopic (exact) mass is 390 g/mol. The van der Waals surface area contributed by atoms with Gasteiger partial charge in [0.2, 0.25) is 0 Å². The van der Waals surface area contributed by atoms with Gasteiger partial charge in [-0.3, -0.25) is 0 Å². The van der Waals surface area contributed by atoms with Gasteiger partial charge in [0, 0.05) is 41.8 Å². The fraction of sp³-hybridized carbons (Fsp3) is 0.550. The Morgan fingerprint density at radius 3 is 2.78 bits per heavy atom. The van der Waals surface area contributed by atoms with E-state index in [9.17, 15) is 9.90 Å². The van der Waals surface area contributed by atoms with E-state index in [4.69, 9.17) is 0 Å². The zero-order valence-electron chi connectivity index (χ0n) is 16.1. The van der Waals surface area contributed by atoms with E-state index in [0.717, 1.165) is 54.0 Å². The zero-order valence-corrected chi connectivity index (χ0v) is 17.0. The predicted molar refractivity (Wildman–Crippen MR) is 111 cm³/mol. The van der Waals surface area contributed by atoms with E-state index in [-0.39, 0.29) is 18.6 Å². The molecule has 0 aliphatic carbocycles. The van der Waals surface area contributed by atoms with Crippen molar-refractivity contribution in [2.45, 2.75) is 25.0 Å². The zero-order chi connectivity index (χ0) is 19.2. The maximum atomic E-state index is 12.2. The molecule has 1 saturated heterocycles. The maximum Gasteiger partial charge on any atom is 0.315 e. The highest BCUT2D eigenvalue weighted by atomic mass is 32.1. The van der Waals surface area contributed by atoms with Gasteiger partial charge in [-0.15, -0.1) is 11.3 Å². The quantitative estimate of drug-likeness (QED) is 0.678. The summed E-state index contributed by atoms with van der Waals surface area (Å²) in [5.74, 6) is 0. The number of piperidine rings is 1. The maximum absolute atomic E-state index is 12.2. The summed E-state index contributed by atoms with van der Waals surface area (Å²) < 4.78 is 1.15. The smallest absolute Gasteiger partial charge is 0.315 e. The number of urea groups is 1. The first-order valence-electron chi connectivity index (χ1n) is 9.59. The average Bonchev–Trinajstić information content (AvgIpc) is 3.10. The number of thiophene rings is 1. The minimum Gasteiger partial charge on any atom is -0.386 e. The van der Waals surface area contributed by atoms with Crippen LogP contribution >= 0.6 is 11.3 Å². The molecule has 1 aromatic heterocycles. The molecule has 1 atom stereocenters. The van der Waals surface area contributed by atoms with Crippen LogP contribution in [0.3, 0.4) is 0 Å². The van der Waals surface area contributed by atoms with Gasteiger partial charge in [0.05, 0.1) is 6.54 Å². The number of amides is 2. The fourth-order valence-corrected chi connectivity index (χ4v) is 4.39. The standard InChI is InChI=1S/C20H30N4O2S/c1-23(2)11-12-24-9-7-16(8-10-24)22-20(26)21-14-17(25)19-13-15-5-3-4-6-18(15)27-19/h3-6,13,16-17,25H,7-12,14H2,1-2H3,(H2,21,22,26). The van der Waals surface area contributed by atoms with Crippen molar-refractivity contribution in [2.75, 3.05) is 46.8 Å². The lowest BCUT2D eigenvalue weighted by Gasteiger charge is -2.33. The fourth-order valence-electron chi connectivity index (χ4n) is 3.34. The van der Waals surface area contributed by atoms with Gasteiger partial charge >= 0.3 is 6.03 Å². The molecule has 2 heterocycles. The highest BCUT2D eigenvalue weighted by molar-refractivity contribution is 7.19. The molecule has 0 radical (unpaired) electrons. The number of hydrogen-bond donors (Lipinski definition) is 3. The van der Waals surface area contributed by atoms with Gasteiger partial charge in [-0.1, -0.05) is 18.2 Å². The number of benzene rings is 1. The van der Waals surface area contributed by atoms with E-state index < -0.39 is 6.10 Å². The van der Waals surface area contributed by atoms with Crippen molar-refractivity contribution in [1.29, 1.82) is 0 Å². The van der Waals surface area contributed by atoms with Crippen LogP contribution in [0.2, 0.25) is 0 Å². The minimum atomic E-state index is -0.680. The Hall–Kier alpha value is -1.67. The SMILES string of the molecule is CN(C)CCN1CCC(NC(=O)NCC(O)c2cc3ccccc3s2)CC1. The van der Waals surface area contributed by atoms with Crippen molar-refractivity contribution in [3.05, 3.63) is 35.2 Å². The van der Waals surface area contributed by atoms with E-state index in [0.29, 0.717) is 0 Å². The van der Waals surface area contributed by atoms with Crippen LogP contribution in [0.4, 0.5) is 4.79 Å². The first kappa shape index (κ1) is 20.1. The first-order valence-corrected chi connectivity index (χ1v) is 10.4. The molecule has 148 valence electrons. The molecule has 1 aliphatic heterocycles. The van der Waals surface area contributed by atoms with Crippen molar-refractivity contribution in [3.63, 3.8) is 0 Å². The Morgan fingerprint density at radius 1 is 1.33 bits per heavy atom. The molecule has 3 N–H and O–H groups in total. The third-order valence-electron chi connectivity index (χ3n) is 5.02. The van der Waals surface area contributed by atoms with E-state index in [1.165, 1.54) is 0 Å². The van der Waals surface area contributed by atoms with Crippen LogP contribution in [0.5, 0.6) is 0 Å². The molecule has 1 unspecified atom stereocenters. The van der Waals surface area contributed by atoms with Crippen molar-refractivity contribution in [1.82, 2.24) is 20.4 Å². The second-order valence-electron chi connectivity index (χ2n) is 7.48. The number of likely N-dealkylation sites (tertiary alicyclic amines) is 1. The summed E-state index contributed by atoms with van der Waals surface area (Å²) in [7, 11) is 4.18. The molecule has 2 amide bonds. The lowest BCUT2D eigenvalue weighted by Crippen LogP contribution is -2.49. The number of nitrogens with one attached hydrogen (secondary N) is 2. The van der Waals surface area contributed by atoms with Crippen LogP contribution < -0.4 is 10.6 Å². The van der Waals surface area contributed by atoms with Gasteiger partial charge in [0.1, 0.15) is 6.10 Å². The molecule has 7 heteroatoms. The highest BCUT2D eigenvalue weighted by Crippen LogP contribution is 2.29. The summed E-state index contributed by atoms with van der Waals surface area (Å²) in [5.41, 5.74) is 0. The molecule has 6 nitrogen and oxygen atoms in total. The van der Waals surface area contributed by atoms with Crippen molar-refractivity contribution in [2.24, 2.45) is 0 Å². The van der Waals surface area contributed by atoms with Crippen LogP contribution in [0.15, 0.2) is 30.3 Å². The number of aliphatic hydroxyl groups excluding tert-OH is 1. The number of aliphatic hydroxyl groups is 1. The van der Waals surface area contributed by atoms with Gasteiger partial charge < -0.3 is 25.5 Å². The minimum absolute atomic E-state index is 0.193. The largest absolute Gasteiger partial charge is 0.386 e. The number of fused-ring (bicyclic) bond motifs is 1. The lowest BCUT2D eigenvalue weighted by atomic mass is 10.1. The molecule has 1 aliphatic rings. The lowest BCUT2D eigenvalue weighted by molar-refractivity contribution is 0.168. The number of likely N-dealkylation sites (N-methyl/N-ethyl adjacent to an activating group) is 1. The Labute approximate surface area is 165 Å². The first-order chi connectivity index (χ1) is 13.0. The third kappa shape index (κ3) is 5.90. The molecular weight excluding hydrogens is 360 g/mol. The second kappa shape index (κ2) is 9.50. The molecule has 0 bridgehead atoms. The Morgan fingerprint density at radius 2 is 2.07 bits per heavy atom. The molecule has 0 spiro atoms. The topological polar surface area (TPSA) is 67.8 Å². The predicted octanol–water partition coefficient (Wildman–Crippen LogP) is 2.26. The van der Waals surface area contributed by atoms with Crippen LogP contribution in [0, 0.1) is 0 Å². The highest BCUT2D eigenvalue weighted by Gasteiger charge is 2.21. The normalized spacial score (nSPS) is 17.3. The summed E-state index contributed by atoms with van der Waals surface area (Å²) in [6.45, 7) is 4.40. The molecule has 27 heavy (non-hydrogen) atoms. The van der Waals surface area contributed by atoms with E-state index >= 15 is 0 Å². The number of hydrogen-bond acceptors (Lipinski definition) is 5. The second-order valence-corrected chi connectivity index (χ2v) is 8.59. The molecule has 1 fully saturated rings. The summed E-state index contributed by atoms with van der Waals surface area (Å²) >= 11 is 1.57. The van der Waals surface area contributed by atoms with Crippen LogP contribution in [-0.2, 0) is 0 Å². The van der Waals surface area contributed by atoms with E-state index in [2.05, 4.69) is 34.5 Å². The van der Waals surface area contributed by atoms with Crippen LogP contribution in [0.25, 0.3) is 10.1 Å². The number of rotatable bonds is 7. The van der Waals surface area contributed by atoms with E-state index in [1.54, 1.807) is 11.3 Å². The number of carbonyl (C=O) groups excluding carboxylic acids is 1. The van der Waals surface area contributed by atoms with Crippen LogP contribution in [-0.4, -0.2) is 73.8 Å².